The van der Waals surface area contributed by atoms with Crippen molar-refractivity contribution in [2.75, 3.05) is 5.75 Å². The van der Waals surface area contributed by atoms with Crippen LogP contribution in [-0.4, -0.2) is 25.2 Å². The van der Waals surface area contributed by atoms with Crippen molar-refractivity contribution < 1.29 is 18.3 Å². The Bertz CT molecular complexity index is 481. The van der Waals surface area contributed by atoms with Gasteiger partial charge in [0, 0.05) is 11.4 Å². The Balaban J connectivity index is 2.74. The third-order valence-corrected chi connectivity index (χ3v) is 3.99. The molecule has 0 aromatic heterocycles. The standard InChI is InChI=1S/C10H11ClO4S/c11-8-3-1-4-9(7-8)16(14,15)6-2-5-10(12)13/h1,3-4,7H,2,5-6H2,(H,12,13). The third-order valence-electron chi connectivity index (χ3n) is 1.96. The minimum atomic E-state index is -3.43. The van der Waals surface area contributed by atoms with E-state index in [1.165, 1.54) is 12.1 Å². The number of carboxylic acid groups (broad SMARTS) is 1. The Morgan fingerprint density at radius 3 is 2.62 bits per heavy atom. The molecular weight excluding hydrogens is 252 g/mol. The molecule has 4 nitrogen and oxygen atoms in total. The molecule has 0 atom stereocenters. The number of rotatable bonds is 5. The summed E-state index contributed by atoms with van der Waals surface area (Å²) in [7, 11) is -3.43. The molecule has 0 fully saturated rings. The molecule has 0 amide bonds. The molecule has 0 bridgehead atoms. The normalized spacial score (nSPS) is 11.3. The lowest BCUT2D eigenvalue weighted by Gasteiger charge is -2.03. The molecule has 0 unspecified atom stereocenters. The number of benzene rings is 1. The summed E-state index contributed by atoms with van der Waals surface area (Å²) in [5.74, 6) is -1.18. The van der Waals surface area contributed by atoms with Crippen LogP contribution in [0.1, 0.15) is 12.8 Å². The van der Waals surface area contributed by atoms with E-state index in [9.17, 15) is 13.2 Å². The summed E-state index contributed by atoms with van der Waals surface area (Å²) in [4.78, 5) is 10.4. The quantitative estimate of drug-likeness (QED) is 0.881. The van der Waals surface area contributed by atoms with Gasteiger partial charge in [-0.3, -0.25) is 4.79 Å². The van der Waals surface area contributed by atoms with Crippen molar-refractivity contribution in [3.63, 3.8) is 0 Å². The highest BCUT2D eigenvalue weighted by Gasteiger charge is 2.14. The Morgan fingerprint density at radius 1 is 1.38 bits per heavy atom. The van der Waals surface area contributed by atoms with Gasteiger partial charge in [-0.25, -0.2) is 8.42 Å². The van der Waals surface area contributed by atoms with Crippen molar-refractivity contribution >= 4 is 27.4 Å². The molecule has 1 aromatic rings. The maximum Gasteiger partial charge on any atom is 0.303 e. The van der Waals surface area contributed by atoms with Gasteiger partial charge in [0.15, 0.2) is 9.84 Å². The zero-order chi connectivity index (χ0) is 12.2. The van der Waals surface area contributed by atoms with Crippen LogP contribution in [-0.2, 0) is 14.6 Å². The first kappa shape index (κ1) is 13.0. The fourth-order valence-corrected chi connectivity index (χ4v) is 2.80. The van der Waals surface area contributed by atoms with E-state index in [0.29, 0.717) is 5.02 Å². The number of halogens is 1. The number of sulfone groups is 1. The fraction of sp³-hybridized carbons (Fsp3) is 0.300. The lowest BCUT2D eigenvalue weighted by Crippen LogP contribution is -2.08. The van der Waals surface area contributed by atoms with E-state index < -0.39 is 15.8 Å². The molecular formula is C10H11ClO4S. The number of hydrogen-bond acceptors (Lipinski definition) is 3. The molecule has 0 saturated heterocycles. The summed E-state index contributed by atoms with van der Waals surface area (Å²) < 4.78 is 23.4. The Labute approximate surface area is 98.8 Å². The minimum Gasteiger partial charge on any atom is -0.481 e. The molecule has 88 valence electrons. The van der Waals surface area contributed by atoms with Gasteiger partial charge in [0.1, 0.15) is 0 Å². The molecule has 0 heterocycles. The second-order valence-electron chi connectivity index (χ2n) is 3.27. The average molecular weight is 263 g/mol. The first-order valence-corrected chi connectivity index (χ1v) is 6.65. The van der Waals surface area contributed by atoms with Crippen LogP contribution in [0.3, 0.4) is 0 Å². The lowest BCUT2D eigenvalue weighted by molar-refractivity contribution is -0.137. The van der Waals surface area contributed by atoms with Crippen molar-refractivity contribution in [1.29, 1.82) is 0 Å². The Hall–Kier alpha value is -1.07. The van der Waals surface area contributed by atoms with E-state index >= 15 is 0 Å². The molecule has 6 heteroatoms. The predicted octanol–water partition coefficient (Wildman–Crippen LogP) is 1.98. The number of aliphatic carboxylic acids is 1. The zero-order valence-electron chi connectivity index (χ0n) is 8.39. The smallest absolute Gasteiger partial charge is 0.303 e. The molecule has 16 heavy (non-hydrogen) atoms. The van der Waals surface area contributed by atoms with Gasteiger partial charge < -0.3 is 5.11 Å². The van der Waals surface area contributed by atoms with Crippen molar-refractivity contribution in [2.24, 2.45) is 0 Å². The number of carboxylic acids is 1. The summed E-state index contributed by atoms with van der Waals surface area (Å²) in [6.45, 7) is 0. The second kappa shape index (κ2) is 5.32. The van der Waals surface area contributed by atoms with Crippen LogP contribution in [0, 0.1) is 0 Å². The molecule has 0 radical (unpaired) electrons. The van der Waals surface area contributed by atoms with Crippen molar-refractivity contribution in [3.8, 4) is 0 Å². The van der Waals surface area contributed by atoms with E-state index in [0.717, 1.165) is 0 Å². The molecule has 0 saturated carbocycles. The highest BCUT2D eigenvalue weighted by atomic mass is 35.5. The van der Waals surface area contributed by atoms with Crippen molar-refractivity contribution in [3.05, 3.63) is 29.3 Å². The van der Waals surface area contributed by atoms with Gasteiger partial charge in [-0.05, 0) is 24.6 Å². The van der Waals surface area contributed by atoms with Gasteiger partial charge in [-0.2, -0.15) is 0 Å². The number of carbonyl (C=O) groups is 1. The average Bonchev–Trinajstić information content (AvgIpc) is 2.16. The summed E-state index contributed by atoms with van der Waals surface area (Å²) in [5.41, 5.74) is 0. The molecule has 0 aliphatic heterocycles. The fourth-order valence-electron chi connectivity index (χ4n) is 1.19. The maximum absolute atomic E-state index is 11.7. The zero-order valence-corrected chi connectivity index (χ0v) is 9.96. The summed E-state index contributed by atoms with van der Waals surface area (Å²) >= 11 is 5.68. The first-order valence-electron chi connectivity index (χ1n) is 4.62. The topological polar surface area (TPSA) is 71.4 Å². The molecule has 0 aliphatic carbocycles. The summed E-state index contributed by atoms with van der Waals surface area (Å²) in [5, 5.41) is 8.76. The monoisotopic (exact) mass is 262 g/mol. The van der Waals surface area contributed by atoms with Crippen LogP contribution in [0.2, 0.25) is 5.02 Å². The van der Waals surface area contributed by atoms with Crippen molar-refractivity contribution in [2.45, 2.75) is 17.7 Å². The minimum absolute atomic E-state index is 0.101. The molecule has 1 aromatic carbocycles. The van der Waals surface area contributed by atoms with E-state index in [1.54, 1.807) is 12.1 Å². The van der Waals surface area contributed by atoms with E-state index in [1.807, 2.05) is 0 Å². The van der Waals surface area contributed by atoms with E-state index in [-0.39, 0.29) is 23.5 Å². The van der Waals surface area contributed by atoms with Crippen LogP contribution in [0.4, 0.5) is 0 Å². The van der Waals surface area contributed by atoms with Gasteiger partial charge in [-0.1, -0.05) is 17.7 Å². The first-order chi connectivity index (χ1) is 7.42. The second-order valence-corrected chi connectivity index (χ2v) is 5.82. The van der Waals surface area contributed by atoms with Gasteiger partial charge in [-0.15, -0.1) is 0 Å². The van der Waals surface area contributed by atoms with E-state index in [2.05, 4.69) is 0 Å². The molecule has 1 N–H and O–H groups in total. The SMILES string of the molecule is O=C(O)CCCS(=O)(=O)c1cccc(Cl)c1. The van der Waals surface area contributed by atoms with Crippen LogP contribution in [0.5, 0.6) is 0 Å². The van der Waals surface area contributed by atoms with Crippen molar-refractivity contribution in [1.82, 2.24) is 0 Å². The van der Waals surface area contributed by atoms with Crippen LogP contribution in [0.25, 0.3) is 0 Å². The highest BCUT2D eigenvalue weighted by Crippen LogP contribution is 2.17. The molecule has 0 aliphatic rings. The van der Waals surface area contributed by atoms with E-state index in [4.69, 9.17) is 16.7 Å². The highest BCUT2D eigenvalue weighted by molar-refractivity contribution is 7.91. The summed E-state index contributed by atoms with van der Waals surface area (Å²) in [6, 6.07) is 5.93. The van der Waals surface area contributed by atoms with Crippen LogP contribution >= 0.6 is 11.6 Å². The third kappa shape index (κ3) is 3.83. The van der Waals surface area contributed by atoms with Gasteiger partial charge in [0.05, 0.1) is 10.6 Å². The Morgan fingerprint density at radius 2 is 2.06 bits per heavy atom. The van der Waals surface area contributed by atoms with Crippen LogP contribution in [0.15, 0.2) is 29.2 Å². The summed E-state index contributed by atoms with van der Waals surface area (Å²) in [6.07, 6.45) is -0.0516. The lowest BCUT2D eigenvalue weighted by atomic mass is 10.3. The molecule has 1 rings (SSSR count). The largest absolute Gasteiger partial charge is 0.481 e. The predicted molar refractivity (Wildman–Crippen MR) is 60.4 cm³/mol. The van der Waals surface area contributed by atoms with Crippen LogP contribution < -0.4 is 0 Å². The molecule has 0 spiro atoms. The number of hydrogen-bond donors (Lipinski definition) is 1. The Kier molecular flexibility index (Phi) is 4.32. The van der Waals surface area contributed by atoms with Gasteiger partial charge in [0.2, 0.25) is 0 Å². The van der Waals surface area contributed by atoms with Gasteiger partial charge in [0.25, 0.3) is 0 Å². The van der Waals surface area contributed by atoms with Gasteiger partial charge >= 0.3 is 5.97 Å². The maximum atomic E-state index is 11.7.